The largest absolute Gasteiger partial charge is 0.355 e. The number of aryl methyl sites for hydroxylation is 1. The Morgan fingerprint density at radius 3 is 2.33 bits per heavy atom. The predicted octanol–water partition coefficient (Wildman–Crippen LogP) is 3.29. The Bertz CT molecular complexity index is 1020. The molecule has 0 aliphatic rings. The highest BCUT2D eigenvalue weighted by Gasteiger charge is 2.10. The van der Waals surface area contributed by atoms with Crippen LogP contribution in [0.15, 0.2) is 71.8 Å². The maximum absolute atomic E-state index is 12.0. The van der Waals surface area contributed by atoms with E-state index in [-0.39, 0.29) is 12.3 Å². The predicted molar refractivity (Wildman–Crippen MR) is 119 cm³/mol. The zero-order chi connectivity index (χ0) is 21.3. The van der Waals surface area contributed by atoms with Crippen molar-refractivity contribution in [3.8, 4) is 5.69 Å². The standard InChI is InChI=1S/C24H26N4O2/c1-18-15-21(19(2)28(18)22-11-7-4-8-12-22)17-26-27-24(30)16-23(29)25-14-13-20-9-5-3-6-10-20/h3-12,15,17H,13-14,16H2,1-2H3,(H,25,29)(H,27,30). The molecule has 2 amide bonds. The molecular weight excluding hydrogens is 376 g/mol. The summed E-state index contributed by atoms with van der Waals surface area (Å²) in [6, 6.07) is 21.9. The van der Waals surface area contributed by atoms with Gasteiger partial charge in [-0.2, -0.15) is 5.10 Å². The Labute approximate surface area is 176 Å². The van der Waals surface area contributed by atoms with Crippen LogP contribution in [0.4, 0.5) is 0 Å². The van der Waals surface area contributed by atoms with Gasteiger partial charge in [-0.15, -0.1) is 0 Å². The second-order valence-corrected chi connectivity index (χ2v) is 7.05. The van der Waals surface area contributed by atoms with Crippen molar-refractivity contribution in [2.24, 2.45) is 5.10 Å². The van der Waals surface area contributed by atoms with E-state index in [1.165, 1.54) is 0 Å². The molecule has 3 rings (SSSR count). The molecule has 0 aliphatic carbocycles. The lowest BCUT2D eigenvalue weighted by Gasteiger charge is -2.09. The van der Waals surface area contributed by atoms with Crippen molar-refractivity contribution in [2.75, 3.05) is 6.54 Å². The van der Waals surface area contributed by atoms with Crippen molar-refractivity contribution >= 4 is 18.0 Å². The molecule has 6 heteroatoms. The minimum atomic E-state index is -0.444. The summed E-state index contributed by atoms with van der Waals surface area (Å²) in [4.78, 5) is 23.9. The molecule has 1 heterocycles. The van der Waals surface area contributed by atoms with Crippen LogP contribution in [0.1, 0.15) is 28.9 Å². The van der Waals surface area contributed by atoms with E-state index in [1.54, 1.807) is 6.21 Å². The highest BCUT2D eigenvalue weighted by molar-refractivity contribution is 5.97. The van der Waals surface area contributed by atoms with Gasteiger partial charge in [0.15, 0.2) is 0 Å². The fraction of sp³-hybridized carbons (Fsp3) is 0.208. The SMILES string of the molecule is Cc1cc(C=NNC(=O)CC(=O)NCCc2ccccc2)c(C)n1-c1ccccc1. The Balaban J connectivity index is 1.48. The first-order valence-corrected chi connectivity index (χ1v) is 9.91. The molecule has 30 heavy (non-hydrogen) atoms. The number of carbonyl (C=O) groups excluding carboxylic acids is 2. The molecular formula is C24H26N4O2. The Morgan fingerprint density at radius 1 is 0.967 bits per heavy atom. The fourth-order valence-corrected chi connectivity index (χ4v) is 3.31. The summed E-state index contributed by atoms with van der Waals surface area (Å²) >= 11 is 0. The summed E-state index contributed by atoms with van der Waals surface area (Å²) in [5.74, 6) is -0.763. The Hall–Kier alpha value is -3.67. The molecule has 0 bridgehead atoms. The highest BCUT2D eigenvalue weighted by Crippen LogP contribution is 2.19. The van der Waals surface area contributed by atoms with Gasteiger partial charge < -0.3 is 9.88 Å². The Morgan fingerprint density at radius 2 is 1.63 bits per heavy atom. The maximum atomic E-state index is 12.0. The molecule has 154 valence electrons. The van der Waals surface area contributed by atoms with Crippen LogP contribution >= 0.6 is 0 Å². The number of para-hydroxylation sites is 1. The quantitative estimate of drug-likeness (QED) is 0.345. The second kappa shape index (κ2) is 10.2. The number of amides is 2. The maximum Gasteiger partial charge on any atom is 0.249 e. The third-order valence-corrected chi connectivity index (χ3v) is 4.78. The van der Waals surface area contributed by atoms with Gasteiger partial charge in [-0.1, -0.05) is 48.5 Å². The van der Waals surface area contributed by atoms with Gasteiger partial charge in [-0.3, -0.25) is 9.59 Å². The number of nitrogens with one attached hydrogen (secondary N) is 2. The molecule has 3 aromatic rings. The van der Waals surface area contributed by atoms with Gasteiger partial charge in [0.05, 0.1) is 6.21 Å². The highest BCUT2D eigenvalue weighted by atomic mass is 16.2. The van der Waals surface area contributed by atoms with E-state index in [1.807, 2.05) is 80.6 Å². The molecule has 2 N–H and O–H groups in total. The number of hydrogen-bond donors (Lipinski definition) is 2. The normalized spacial score (nSPS) is 10.9. The van der Waals surface area contributed by atoms with Gasteiger partial charge >= 0.3 is 0 Å². The van der Waals surface area contributed by atoms with Crippen molar-refractivity contribution in [1.29, 1.82) is 0 Å². The number of carbonyl (C=O) groups is 2. The van der Waals surface area contributed by atoms with Crippen LogP contribution < -0.4 is 10.7 Å². The van der Waals surface area contributed by atoms with Gasteiger partial charge in [-0.05, 0) is 44.0 Å². The summed E-state index contributed by atoms with van der Waals surface area (Å²) in [6.45, 7) is 4.52. The van der Waals surface area contributed by atoms with Gasteiger partial charge in [0.25, 0.3) is 0 Å². The zero-order valence-electron chi connectivity index (χ0n) is 17.3. The molecule has 0 saturated carbocycles. The summed E-state index contributed by atoms with van der Waals surface area (Å²) in [5, 5.41) is 6.77. The number of benzene rings is 2. The van der Waals surface area contributed by atoms with Crippen LogP contribution in [0.25, 0.3) is 5.69 Å². The van der Waals surface area contributed by atoms with E-state index in [2.05, 4.69) is 20.4 Å². The van der Waals surface area contributed by atoms with Crippen molar-refractivity contribution in [3.05, 3.63) is 89.2 Å². The first kappa shape index (κ1) is 21.0. The molecule has 0 radical (unpaired) electrons. The van der Waals surface area contributed by atoms with Gasteiger partial charge in [0.1, 0.15) is 6.42 Å². The molecule has 0 spiro atoms. The van der Waals surface area contributed by atoms with E-state index < -0.39 is 5.91 Å². The molecule has 0 fully saturated rings. The average molecular weight is 402 g/mol. The van der Waals surface area contributed by atoms with Crippen molar-refractivity contribution in [2.45, 2.75) is 26.7 Å². The summed E-state index contributed by atoms with van der Waals surface area (Å²) in [5.41, 5.74) is 7.64. The minimum Gasteiger partial charge on any atom is -0.355 e. The van der Waals surface area contributed by atoms with Crippen molar-refractivity contribution < 1.29 is 9.59 Å². The lowest BCUT2D eigenvalue weighted by molar-refractivity contribution is -0.129. The third-order valence-electron chi connectivity index (χ3n) is 4.78. The lowest BCUT2D eigenvalue weighted by atomic mass is 10.1. The first-order valence-electron chi connectivity index (χ1n) is 9.91. The molecule has 0 atom stereocenters. The van der Waals surface area contributed by atoms with Crippen LogP contribution in [0.2, 0.25) is 0 Å². The number of hydrazone groups is 1. The molecule has 0 aliphatic heterocycles. The van der Waals surface area contributed by atoms with Gasteiger partial charge in [-0.25, -0.2) is 5.43 Å². The minimum absolute atomic E-state index is 0.255. The monoisotopic (exact) mass is 402 g/mol. The third kappa shape index (κ3) is 5.67. The van der Waals surface area contributed by atoms with Crippen molar-refractivity contribution in [1.82, 2.24) is 15.3 Å². The first-order chi connectivity index (χ1) is 14.5. The van der Waals surface area contributed by atoms with Crippen LogP contribution in [-0.2, 0) is 16.0 Å². The van der Waals surface area contributed by atoms with Crippen LogP contribution in [0, 0.1) is 13.8 Å². The van der Waals surface area contributed by atoms with E-state index in [9.17, 15) is 9.59 Å². The second-order valence-electron chi connectivity index (χ2n) is 7.05. The van der Waals surface area contributed by atoms with Gasteiger partial charge in [0.2, 0.25) is 11.8 Å². The molecule has 0 unspecified atom stereocenters. The van der Waals surface area contributed by atoms with Gasteiger partial charge in [0, 0.05) is 29.2 Å². The zero-order valence-corrected chi connectivity index (χ0v) is 17.3. The van der Waals surface area contributed by atoms with Crippen LogP contribution in [0.5, 0.6) is 0 Å². The summed E-state index contributed by atoms with van der Waals surface area (Å²) in [6.07, 6.45) is 2.07. The van der Waals surface area contributed by atoms with E-state index >= 15 is 0 Å². The number of hydrogen-bond acceptors (Lipinski definition) is 3. The lowest BCUT2D eigenvalue weighted by Crippen LogP contribution is -2.31. The van der Waals surface area contributed by atoms with Crippen LogP contribution in [-0.4, -0.2) is 29.1 Å². The van der Waals surface area contributed by atoms with E-state index in [0.29, 0.717) is 6.54 Å². The van der Waals surface area contributed by atoms with E-state index in [4.69, 9.17) is 0 Å². The summed E-state index contributed by atoms with van der Waals surface area (Å²) < 4.78 is 2.13. The molecule has 0 saturated heterocycles. The number of rotatable bonds is 8. The molecule has 1 aromatic heterocycles. The number of nitrogens with zero attached hydrogens (tertiary/aromatic N) is 2. The summed E-state index contributed by atoms with van der Waals surface area (Å²) in [7, 11) is 0. The molecule has 6 nitrogen and oxygen atoms in total. The topological polar surface area (TPSA) is 75.5 Å². The average Bonchev–Trinajstić information content (AvgIpc) is 3.02. The smallest absolute Gasteiger partial charge is 0.249 e. The van der Waals surface area contributed by atoms with E-state index in [0.717, 1.165) is 34.6 Å². The van der Waals surface area contributed by atoms with Crippen molar-refractivity contribution in [3.63, 3.8) is 0 Å². The van der Waals surface area contributed by atoms with Crippen LogP contribution in [0.3, 0.4) is 0 Å². The molecule has 2 aromatic carbocycles. The fourth-order valence-electron chi connectivity index (χ4n) is 3.31. The Kier molecular flexibility index (Phi) is 7.16. The number of aromatic nitrogens is 1.